The minimum Gasteiger partial charge on any atom is -0.480 e. The molecule has 1 saturated heterocycles. The minimum absolute atomic E-state index is 0.258. The molecular weight excluding hydrogens is 262 g/mol. The molecule has 1 aromatic rings. The third-order valence-electron chi connectivity index (χ3n) is 2.95. The van der Waals surface area contributed by atoms with E-state index in [1.165, 1.54) is 4.90 Å². The van der Waals surface area contributed by atoms with Crippen molar-refractivity contribution in [3.05, 3.63) is 35.9 Å². The third kappa shape index (κ3) is 3.12. The molecule has 7 nitrogen and oxygen atoms in total. The number of amides is 2. The van der Waals surface area contributed by atoms with Crippen LogP contribution < -0.4 is 10.6 Å². The molecule has 1 heterocycles. The van der Waals surface area contributed by atoms with Gasteiger partial charge in [-0.25, -0.2) is 0 Å². The fraction of sp³-hybridized carbons (Fsp3) is 0.308. The fourth-order valence-corrected chi connectivity index (χ4v) is 2.02. The van der Waals surface area contributed by atoms with Gasteiger partial charge in [-0.3, -0.25) is 19.7 Å². The van der Waals surface area contributed by atoms with Crippen molar-refractivity contribution in [3.63, 3.8) is 0 Å². The van der Waals surface area contributed by atoms with E-state index in [0.717, 1.165) is 0 Å². The first-order valence-corrected chi connectivity index (χ1v) is 6.18. The van der Waals surface area contributed by atoms with E-state index in [0.29, 0.717) is 18.7 Å². The van der Waals surface area contributed by atoms with Gasteiger partial charge in [0.15, 0.2) is 6.17 Å². The summed E-state index contributed by atoms with van der Waals surface area (Å²) in [7, 11) is 0. The fourth-order valence-electron chi connectivity index (χ4n) is 2.02. The van der Waals surface area contributed by atoms with Crippen LogP contribution in [0.3, 0.4) is 0 Å². The minimum atomic E-state index is -1.13. The summed E-state index contributed by atoms with van der Waals surface area (Å²) in [5.41, 5.74) is 0.493. The van der Waals surface area contributed by atoms with Crippen LogP contribution in [-0.4, -0.2) is 53.6 Å². The molecule has 0 aliphatic carbocycles. The van der Waals surface area contributed by atoms with Crippen LogP contribution in [0.1, 0.15) is 10.4 Å². The topological polar surface area (TPSA) is 98.7 Å². The molecule has 1 unspecified atom stereocenters. The Kier molecular flexibility index (Phi) is 4.31. The lowest BCUT2D eigenvalue weighted by atomic mass is 10.2. The molecule has 1 aliphatic rings. The van der Waals surface area contributed by atoms with E-state index in [2.05, 4.69) is 10.6 Å². The number of carbonyl (C=O) groups is 3. The highest BCUT2D eigenvalue weighted by Crippen LogP contribution is 2.10. The molecule has 20 heavy (non-hydrogen) atoms. The van der Waals surface area contributed by atoms with E-state index in [-0.39, 0.29) is 5.91 Å². The molecule has 0 saturated carbocycles. The van der Waals surface area contributed by atoms with Crippen LogP contribution in [0.15, 0.2) is 30.3 Å². The van der Waals surface area contributed by atoms with Crippen LogP contribution in [0.5, 0.6) is 0 Å². The summed E-state index contributed by atoms with van der Waals surface area (Å²) in [6.45, 7) is 0.424. The van der Waals surface area contributed by atoms with Crippen molar-refractivity contribution < 1.29 is 19.5 Å². The molecule has 0 bridgehead atoms. The molecule has 3 N–H and O–H groups in total. The normalized spacial score (nSPS) is 17.8. The Hall–Kier alpha value is -2.41. The van der Waals surface area contributed by atoms with Crippen LogP contribution >= 0.6 is 0 Å². The van der Waals surface area contributed by atoms with Gasteiger partial charge < -0.3 is 15.3 Å². The summed E-state index contributed by atoms with van der Waals surface area (Å²) in [5, 5.41) is 13.7. The molecule has 2 amide bonds. The molecule has 7 heteroatoms. The summed E-state index contributed by atoms with van der Waals surface area (Å²) in [6, 6.07) is 8.64. The van der Waals surface area contributed by atoms with Crippen molar-refractivity contribution >= 4 is 17.8 Å². The lowest BCUT2D eigenvalue weighted by molar-refractivity contribution is -0.138. The molecule has 1 aliphatic heterocycles. The zero-order valence-corrected chi connectivity index (χ0v) is 10.7. The second kappa shape index (κ2) is 6.16. The quantitative estimate of drug-likeness (QED) is 0.673. The van der Waals surface area contributed by atoms with Crippen molar-refractivity contribution in [2.45, 2.75) is 6.17 Å². The standard InChI is InChI=1S/C13H15N3O4/c17-10(18)8-15-12(19)11-14-6-7-16(11)13(20)9-4-2-1-3-5-9/h1-5,11,14H,6-8H2,(H,15,19)(H,17,18). The average molecular weight is 277 g/mol. The first-order chi connectivity index (χ1) is 9.59. The zero-order valence-electron chi connectivity index (χ0n) is 10.7. The van der Waals surface area contributed by atoms with Gasteiger partial charge in [0.1, 0.15) is 6.54 Å². The molecule has 1 aromatic carbocycles. The Bertz CT molecular complexity index is 518. The first-order valence-electron chi connectivity index (χ1n) is 6.18. The summed E-state index contributed by atoms with van der Waals surface area (Å²) >= 11 is 0. The Labute approximate surface area is 115 Å². The van der Waals surface area contributed by atoms with Crippen LogP contribution in [0.4, 0.5) is 0 Å². The van der Waals surface area contributed by atoms with Crippen LogP contribution in [-0.2, 0) is 9.59 Å². The van der Waals surface area contributed by atoms with E-state index < -0.39 is 24.6 Å². The number of carboxylic acids is 1. The van der Waals surface area contributed by atoms with Gasteiger partial charge in [-0.05, 0) is 12.1 Å². The Morgan fingerprint density at radius 2 is 2.00 bits per heavy atom. The molecule has 1 fully saturated rings. The zero-order chi connectivity index (χ0) is 14.5. The van der Waals surface area contributed by atoms with Gasteiger partial charge in [0.25, 0.3) is 11.8 Å². The Morgan fingerprint density at radius 1 is 1.30 bits per heavy atom. The van der Waals surface area contributed by atoms with Gasteiger partial charge >= 0.3 is 5.97 Å². The number of nitrogens with one attached hydrogen (secondary N) is 2. The van der Waals surface area contributed by atoms with Gasteiger partial charge in [0, 0.05) is 18.7 Å². The maximum atomic E-state index is 12.3. The number of aliphatic carboxylic acids is 1. The molecule has 0 radical (unpaired) electrons. The van der Waals surface area contributed by atoms with Crippen molar-refractivity contribution in [3.8, 4) is 0 Å². The number of carbonyl (C=O) groups excluding carboxylic acids is 2. The van der Waals surface area contributed by atoms with Crippen LogP contribution in [0, 0.1) is 0 Å². The van der Waals surface area contributed by atoms with Crippen LogP contribution in [0.25, 0.3) is 0 Å². The second-order valence-electron chi connectivity index (χ2n) is 4.33. The predicted molar refractivity (Wildman–Crippen MR) is 69.9 cm³/mol. The molecular formula is C13H15N3O4. The highest BCUT2D eigenvalue weighted by Gasteiger charge is 2.34. The second-order valence-corrected chi connectivity index (χ2v) is 4.33. The highest BCUT2D eigenvalue weighted by molar-refractivity contribution is 5.98. The van der Waals surface area contributed by atoms with Crippen molar-refractivity contribution in [2.24, 2.45) is 0 Å². The first kappa shape index (κ1) is 14.0. The monoisotopic (exact) mass is 277 g/mol. The third-order valence-corrected chi connectivity index (χ3v) is 2.95. The van der Waals surface area contributed by atoms with Gasteiger partial charge in [-0.2, -0.15) is 0 Å². The van der Waals surface area contributed by atoms with E-state index in [9.17, 15) is 14.4 Å². The van der Waals surface area contributed by atoms with E-state index in [1.54, 1.807) is 30.3 Å². The van der Waals surface area contributed by atoms with Crippen molar-refractivity contribution in [2.75, 3.05) is 19.6 Å². The molecule has 2 rings (SSSR count). The SMILES string of the molecule is O=C(O)CNC(=O)C1NCCN1C(=O)c1ccccc1. The predicted octanol–water partition coefficient (Wildman–Crippen LogP) is -0.741. The van der Waals surface area contributed by atoms with Gasteiger partial charge in [-0.15, -0.1) is 0 Å². The van der Waals surface area contributed by atoms with E-state index >= 15 is 0 Å². The molecule has 0 spiro atoms. The number of nitrogens with zero attached hydrogens (tertiary/aromatic N) is 1. The van der Waals surface area contributed by atoms with Crippen LogP contribution in [0.2, 0.25) is 0 Å². The van der Waals surface area contributed by atoms with Gasteiger partial charge in [0.05, 0.1) is 0 Å². The summed E-state index contributed by atoms with van der Waals surface area (Å²) in [5.74, 6) is -1.91. The highest BCUT2D eigenvalue weighted by atomic mass is 16.4. The van der Waals surface area contributed by atoms with Crippen molar-refractivity contribution in [1.29, 1.82) is 0 Å². The molecule has 1 atom stereocenters. The summed E-state index contributed by atoms with van der Waals surface area (Å²) in [6.07, 6.45) is -0.831. The van der Waals surface area contributed by atoms with Gasteiger partial charge in [0.2, 0.25) is 0 Å². The van der Waals surface area contributed by atoms with Gasteiger partial charge in [-0.1, -0.05) is 18.2 Å². The Morgan fingerprint density at radius 3 is 2.65 bits per heavy atom. The lowest BCUT2D eigenvalue weighted by Crippen LogP contribution is -2.51. The average Bonchev–Trinajstić information content (AvgIpc) is 2.94. The van der Waals surface area contributed by atoms with Crippen molar-refractivity contribution in [1.82, 2.24) is 15.5 Å². The largest absolute Gasteiger partial charge is 0.480 e. The number of hydrogen-bond acceptors (Lipinski definition) is 4. The Balaban J connectivity index is 2.05. The number of rotatable bonds is 4. The number of carboxylic acid groups (broad SMARTS) is 1. The number of hydrogen-bond donors (Lipinski definition) is 3. The number of benzene rings is 1. The maximum Gasteiger partial charge on any atom is 0.322 e. The lowest BCUT2D eigenvalue weighted by Gasteiger charge is -2.23. The molecule has 0 aromatic heterocycles. The molecule has 106 valence electrons. The van der Waals surface area contributed by atoms with E-state index in [1.807, 2.05) is 0 Å². The van der Waals surface area contributed by atoms with E-state index in [4.69, 9.17) is 5.11 Å². The smallest absolute Gasteiger partial charge is 0.322 e. The summed E-state index contributed by atoms with van der Waals surface area (Å²) in [4.78, 5) is 36.0. The maximum absolute atomic E-state index is 12.3. The summed E-state index contributed by atoms with van der Waals surface area (Å²) < 4.78 is 0.